The van der Waals surface area contributed by atoms with Crippen molar-refractivity contribution >= 4 is 5.91 Å². The smallest absolute Gasteiger partial charge is 0.221 e. The van der Waals surface area contributed by atoms with E-state index in [1.54, 1.807) is 7.11 Å². The number of hydrogen-bond acceptors (Lipinski definition) is 4. The standard InChI is InChI=1S/C13H22N4O2/c1-10-16-11-9-14-5-3-12(11)17(10)7-4-13(18)15-6-8-19-2/h14H,3-9H2,1-2H3,(H,15,18). The minimum absolute atomic E-state index is 0.0628. The summed E-state index contributed by atoms with van der Waals surface area (Å²) in [5, 5.41) is 6.15. The van der Waals surface area contributed by atoms with Crippen LogP contribution in [0.4, 0.5) is 0 Å². The normalized spacial score (nSPS) is 14.2. The minimum atomic E-state index is 0.0628. The Morgan fingerprint density at radius 1 is 1.58 bits per heavy atom. The maximum Gasteiger partial charge on any atom is 0.221 e. The summed E-state index contributed by atoms with van der Waals surface area (Å²) in [6.45, 7) is 5.65. The van der Waals surface area contributed by atoms with Gasteiger partial charge in [0.1, 0.15) is 5.82 Å². The van der Waals surface area contributed by atoms with Gasteiger partial charge < -0.3 is 19.9 Å². The van der Waals surface area contributed by atoms with Crippen molar-refractivity contribution in [1.82, 2.24) is 20.2 Å². The summed E-state index contributed by atoms with van der Waals surface area (Å²) in [6.07, 6.45) is 1.47. The molecule has 1 amide bonds. The molecule has 0 fully saturated rings. The molecule has 1 aromatic rings. The van der Waals surface area contributed by atoms with Gasteiger partial charge in [-0.3, -0.25) is 4.79 Å². The number of methoxy groups -OCH3 is 1. The number of ether oxygens (including phenoxy) is 1. The lowest BCUT2D eigenvalue weighted by Crippen LogP contribution is -2.29. The maximum absolute atomic E-state index is 11.7. The lowest BCUT2D eigenvalue weighted by atomic mass is 10.2. The molecule has 0 unspecified atom stereocenters. The van der Waals surface area contributed by atoms with Crippen LogP contribution in [0.3, 0.4) is 0 Å². The topological polar surface area (TPSA) is 68.2 Å². The first-order valence-electron chi connectivity index (χ1n) is 6.73. The van der Waals surface area contributed by atoms with Gasteiger partial charge in [-0.05, 0) is 6.92 Å². The second-order valence-corrected chi connectivity index (χ2v) is 4.72. The third kappa shape index (κ3) is 3.54. The van der Waals surface area contributed by atoms with Gasteiger partial charge in [-0.15, -0.1) is 0 Å². The van der Waals surface area contributed by atoms with Gasteiger partial charge in [0.2, 0.25) is 5.91 Å². The largest absolute Gasteiger partial charge is 0.383 e. The Balaban J connectivity index is 1.89. The first-order valence-corrected chi connectivity index (χ1v) is 6.73. The zero-order valence-corrected chi connectivity index (χ0v) is 11.7. The molecule has 6 heteroatoms. The average Bonchev–Trinajstić information content (AvgIpc) is 2.72. The molecule has 1 aliphatic rings. The molecule has 2 N–H and O–H groups in total. The molecule has 0 saturated carbocycles. The molecule has 0 radical (unpaired) electrons. The lowest BCUT2D eigenvalue weighted by Gasteiger charge is -2.15. The molecular weight excluding hydrogens is 244 g/mol. The first-order chi connectivity index (χ1) is 9.22. The van der Waals surface area contributed by atoms with Crippen molar-refractivity contribution in [2.24, 2.45) is 0 Å². The molecule has 6 nitrogen and oxygen atoms in total. The Bertz CT molecular complexity index is 442. The summed E-state index contributed by atoms with van der Waals surface area (Å²) in [6, 6.07) is 0. The zero-order chi connectivity index (χ0) is 13.7. The van der Waals surface area contributed by atoms with Crippen molar-refractivity contribution in [2.45, 2.75) is 32.9 Å². The molecule has 1 aliphatic heterocycles. The highest BCUT2D eigenvalue weighted by Crippen LogP contribution is 2.15. The number of carbonyl (C=O) groups is 1. The fraction of sp³-hybridized carbons (Fsp3) is 0.692. The van der Waals surface area contributed by atoms with Gasteiger partial charge in [-0.1, -0.05) is 0 Å². The number of aromatic nitrogens is 2. The van der Waals surface area contributed by atoms with Crippen molar-refractivity contribution in [2.75, 3.05) is 26.8 Å². The number of rotatable bonds is 6. The van der Waals surface area contributed by atoms with E-state index in [-0.39, 0.29) is 5.91 Å². The maximum atomic E-state index is 11.7. The molecule has 2 rings (SSSR count). The number of nitrogens with zero attached hydrogens (tertiary/aromatic N) is 2. The third-order valence-electron chi connectivity index (χ3n) is 3.37. The highest BCUT2D eigenvalue weighted by atomic mass is 16.5. The molecule has 1 aromatic heterocycles. The van der Waals surface area contributed by atoms with Crippen LogP contribution in [0.2, 0.25) is 0 Å². The van der Waals surface area contributed by atoms with E-state index in [0.29, 0.717) is 26.1 Å². The molecule has 0 saturated heterocycles. The molecule has 0 aromatic carbocycles. The second-order valence-electron chi connectivity index (χ2n) is 4.72. The fourth-order valence-corrected chi connectivity index (χ4v) is 2.40. The Hall–Kier alpha value is -1.40. The number of nitrogens with one attached hydrogen (secondary N) is 2. The average molecular weight is 266 g/mol. The highest BCUT2D eigenvalue weighted by Gasteiger charge is 2.17. The number of fused-ring (bicyclic) bond motifs is 1. The molecule has 0 bridgehead atoms. The Kier molecular flexibility index (Phi) is 4.93. The van der Waals surface area contributed by atoms with E-state index < -0.39 is 0 Å². The molecule has 0 atom stereocenters. The summed E-state index contributed by atoms with van der Waals surface area (Å²) in [4.78, 5) is 16.2. The van der Waals surface area contributed by atoms with Crippen molar-refractivity contribution in [3.63, 3.8) is 0 Å². The fourth-order valence-electron chi connectivity index (χ4n) is 2.40. The van der Waals surface area contributed by atoms with Gasteiger partial charge in [-0.2, -0.15) is 0 Å². The number of aryl methyl sites for hydroxylation is 1. The Labute approximate surface area is 113 Å². The number of amides is 1. The quantitative estimate of drug-likeness (QED) is 0.711. The van der Waals surface area contributed by atoms with Crippen molar-refractivity contribution in [3.8, 4) is 0 Å². The van der Waals surface area contributed by atoms with Crippen molar-refractivity contribution in [1.29, 1.82) is 0 Å². The van der Waals surface area contributed by atoms with Gasteiger partial charge in [0.25, 0.3) is 0 Å². The highest BCUT2D eigenvalue weighted by molar-refractivity contribution is 5.75. The van der Waals surface area contributed by atoms with Crippen molar-refractivity contribution in [3.05, 3.63) is 17.2 Å². The molecule has 0 aliphatic carbocycles. The van der Waals surface area contributed by atoms with E-state index in [4.69, 9.17) is 4.74 Å². The summed E-state index contributed by atoms with van der Waals surface area (Å²) in [5.74, 6) is 1.06. The third-order valence-corrected chi connectivity index (χ3v) is 3.37. The molecule has 2 heterocycles. The van der Waals surface area contributed by atoms with Crippen LogP contribution in [0.1, 0.15) is 23.6 Å². The number of carbonyl (C=O) groups excluding carboxylic acids is 1. The first kappa shape index (κ1) is 14.0. The van der Waals surface area contributed by atoms with Gasteiger partial charge >= 0.3 is 0 Å². The molecular formula is C13H22N4O2. The van der Waals surface area contributed by atoms with Crippen LogP contribution in [-0.4, -0.2) is 42.3 Å². The molecule has 0 spiro atoms. The summed E-state index contributed by atoms with van der Waals surface area (Å²) in [7, 11) is 1.63. The predicted molar refractivity (Wildman–Crippen MR) is 71.9 cm³/mol. The van der Waals surface area contributed by atoms with Crippen LogP contribution in [0.25, 0.3) is 0 Å². The molecule has 19 heavy (non-hydrogen) atoms. The monoisotopic (exact) mass is 266 g/mol. The SMILES string of the molecule is COCCNC(=O)CCn1c(C)nc2c1CCNC2. The second kappa shape index (κ2) is 6.68. The summed E-state index contributed by atoms with van der Waals surface area (Å²) >= 11 is 0. The van der Waals surface area contributed by atoms with E-state index in [0.717, 1.165) is 31.0 Å². The zero-order valence-electron chi connectivity index (χ0n) is 11.7. The van der Waals surface area contributed by atoms with Gasteiger partial charge in [-0.25, -0.2) is 4.98 Å². The number of imidazole rings is 1. The van der Waals surface area contributed by atoms with Crippen LogP contribution in [0.5, 0.6) is 0 Å². The summed E-state index contributed by atoms with van der Waals surface area (Å²) < 4.78 is 7.07. The van der Waals surface area contributed by atoms with E-state index >= 15 is 0 Å². The van der Waals surface area contributed by atoms with Crippen LogP contribution >= 0.6 is 0 Å². The van der Waals surface area contributed by atoms with Gasteiger partial charge in [0, 0.05) is 51.8 Å². The van der Waals surface area contributed by atoms with Crippen molar-refractivity contribution < 1.29 is 9.53 Å². The van der Waals surface area contributed by atoms with E-state index in [1.165, 1.54) is 5.69 Å². The molecule has 106 valence electrons. The van der Waals surface area contributed by atoms with Gasteiger partial charge in [0.05, 0.1) is 12.3 Å². The van der Waals surface area contributed by atoms with E-state index in [9.17, 15) is 4.79 Å². The van der Waals surface area contributed by atoms with E-state index in [2.05, 4.69) is 20.2 Å². The Morgan fingerprint density at radius 3 is 3.21 bits per heavy atom. The van der Waals surface area contributed by atoms with Gasteiger partial charge in [0.15, 0.2) is 0 Å². The Morgan fingerprint density at radius 2 is 2.42 bits per heavy atom. The van der Waals surface area contributed by atoms with E-state index in [1.807, 2.05) is 6.92 Å². The van der Waals surface area contributed by atoms with Crippen LogP contribution in [0, 0.1) is 6.92 Å². The lowest BCUT2D eigenvalue weighted by molar-refractivity contribution is -0.121. The van der Waals surface area contributed by atoms with Crippen LogP contribution in [0.15, 0.2) is 0 Å². The minimum Gasteiger partial charge on any atom is -0.383 e. The van der Waals surface area contributed by atoms with Crippen LogP contribution in [-0.2, 0) is 29.0 Å². The summed E-state index contributed by atoms with van der Waals surface area (Å²) in [5.41, 5.74) is 2.41. The van der Waals surface area contributed by atoms with Crippen LogP contribution < -0.4 is 10.6 Å². The number of hydrogen-bond donors (Lipinski definition) is 2. The predicted octanol–water partition coefficient (Wildman–Crippen LogP) is -0.0101.